The first-order valence-corrected chi connectivity index (χ1v) is 7.32. The summed E-state index contributed by atoms with van der Waals surface area (Å²) in [6.07, 6.45) is 0. The summed E-state index contributed by atoms with van der Waals surface area (Å²) < 4.78 is 11.2. The first-order valence-electron chi connectivity index (χ1n) is 6.53. The van der Waals surface area contributed by atoms with Gasteiger partial charge in [-0.2, -0.15) is 0 Å². The lowest BCUT2D eigenvalue weighted by Gasteiger charge is -2.10. The number of benzene rings is 2. The molecule has 0 atom stereocenters. The van der Waals surface area contributed by atoms with E-state index in [9.17, 15) is 10.1 Å². The molecule has 0 aliphatic rings. The lowest BCUT2D eigenvalue weighted by atomic mass is 10.2. The molecular weight excluding hydrogens is 352 g/mol. The van der Waals surface area contributed by atoms with E-state index >= 15 is 0 Å². The van der Waals surface area contributed by atoms with Crippen molar-refractivity contribution in [1.29, 1.82) is 0 Å². The molecule has 0 aliphatic heterocycles. The topological polar surface area (TPSA) is 73.6 Å². The Hall–Kier alpha value is -2.12. The summed E-state index contributed by atoms with van der Waals surface area (Å²) in [6, 6.07) is 12.0. The maximum Gasteiger partial charge on any atom is 0.292 e. The van der Waals surface area contributed by atoms with Gasteiger partial charge in [0.25, 0.3) is 5.69 Å². The molecule has 0 fully saturated rings. The Morgan fingerprint density at radius 1 is 1.23 bits per heavy atom. The molecule has 0 saturated heterocycles. The minimum atomic E-state index is -0.423. The molecule has 2 rings (SSSR count). The predicted molar refractivity (Wildman–Crippen MR) is 87.9 cm³/mol. The average Bonchev–Trinajstić information content (AvgIpc) is 2.48. The molecule has 0 unspecified atom stereocenters. The van der Waals surface area contributed by atoms with Crippen molar-refractivity contribution in [2.45, 2.75) is 0 Å². The Bertz CT molecular complexity index is 664. The Kier molecular flexibility index (Phi) is 5.74. The highest BCUT2D eigenvalue weighted by molar-refractivity contribution is 9.10. The molecule has 0 bridgehead atoms. The minimum absolute atomic E-state index is 0.00824. The number of ether oxygens (including phenoxy) is 2. The highest BCUT2D eigenvalue weighted by Gasteiger charge is 2.14. The monoisotopic (exact) mass is 366 g/mol. The molecule has 6 nitrogen and oxygen atoms in total. The number of methoxy groups -OCH3 is 1. The quantitative estimate of drug-likeness (QED) is 0.453. The smallest absolute Gasteiger partial charge is 0.292 e. The average molecular weight is 367 g/mol. The number of nitrogens with one attached hydrogen (secondary N) is 1. The second kappa shape index (κ2) is 7.77. The van der Waals surface area contributed by atoms with Crippen LogP contribution in [0.1, 0.15) is 0 Å². The summed E-state index contributed by atoms with van der Waals surface area (Å²) >= 11 is 3.31. The minimum Gasteiger partial charge on any atom is -0.491 e. The lowest BCUT2D eigenvalue weighted by Crippen LogP contribution is -2.04. The summed E-state index contributed by atoms with van der Waals surface area (Å²) in [5, 5.41) is 14.1. The molecule has 0 saturated carbocycles. The van der Waals surface area contributed by atoms with Gasteiger partial charge in [-0.05, 0) is 24.3 Å². The van der Waals surface area contributed by atoms with Gasteiger partial charge in [-0.3, -0.25) is 10.1 Å². The van der Waals surface area contributed by atoms with Crippen LogP contribution in [0.5, 0.6) is 5.75 Å². The van der Waals surface area contributed by atoms with Crippen molar-refractivity contribution in [3.63, 3.8) is 0 Å². The van der Waals surface area contributed by atoms with Gasteiger partial charge < -0.3 is 14.8 Å². The number of nitro benzene ring substituents is 1. The van der Waals surface area contributed by atoms with E-state index in [1.54, 1.807) is 25.3 Å². The van der Waals surface area contributed by atoms with Crippen molar-refractivity contribution < 1.29 is 14.4 Å². The molecule has 0 heterocycles. The number of halogens is 1. The molecule has 0 spiro atoms. The molecule has 2 aromatic rings. The molecule has 0 aliphatic carbocycles. The highest BCUT2D eigenvalue weighted by atomic mass is 79.9. The molecule has 116 valence electrons. The van der Waals surface area contributed by atoms with Crippen molar-refractivity contribution >= 4 is 33.0 Å². The SMILES string of the molecule is COCCOc1cccc(Nc2cc(Br)ccc2[N+](=O)[O-])c1. The fraction of sp³-hybridized carbons (Fsp3) is 0.200. The van der Waals surface area contributed by atoms with Crippen molar-refractivity contribution in [1.82, 2.24) is 0 Å². The maximum absolute atomic E-state index is 11.1. The van der Waals surface area contributed by atoms with Gasteiger partial charge in [-0.25, -0.2) is 0 Å². The van der Waals surface area contributed by atoms with Crippen LogP contribution >= 0.6 is 15.9 Å². The molecule has 0 amide bonds. The zero-order valence-corrected chi connectivity index (χ0v) is 13.5. The van der Waals surface area contributed by atoms with Gasteiger partial charge >= 0.3 is 0 Å². The van der Waals surface area contributed by atoms with Gasteiger partial charge in [0, 0.05) is 29.4 Å². The number of anilines is 2. The molecule has 22 heavy (non-hydrogen) atoms. The lowest BCUT2D eigenvalue weighted by molar-refractivity contribution is -0.383. The molecule has 0 aromatic heterocycles. The zero-order valence-electron chi connectivity index (χ0n) is 11.9. The van der Waals surface area contributed by atoms with Gasteiger partial charge in [0.2, 0.25) is 0 Å². The van der Waals surface area contributed by atoms with E-state index in [0.29, 0.717) is 30.3 Å². The van der Waals surface area contributed by atoms with Crippen LogP contribution < -0.4 is 10.1 Å². The Morgan fingerprint density at radius 3 is 2.77 bits per heavy atom. The first-order chi connectivity index (χ1) is 10.6. The Morgan fingerprint density at radius 2 is 2.05 bits per heavy atom. The van der Waals surface area contributed by atoms with Crippen LogP contribution in [0.25, 0.3) is 0 Å². The molecule has 2 aromatic carbocycles. The van der Waals surface area contributed by atoms with E-state index in [2.05, 4.69) is 21.2 Å². The van der Waals surface area contributed by atoms with Crippen molar-refractivity contribution in [2.24, 2.45) is 0 Å². The Labute approximate surface area is 136 Å². The summed E-state index contributed by atoms with van der Waals surface area (Å²) in [4.78, 5) is 10.7. The highest BCUT2D eigenvalue weighted by Crippen LogP contribution is 2.31. The van der Waals surface area contributed by atoms with Gasteiger partial charge in [-0.1, -0.05) is 22.0 Å². The third-order valence-electron chi connectivity index (χ3n) is 2.82. The van der Waals surface area contributed by atoms with Gasteiger partial charge in [0.05, 0.1) is 11.5 Å². The molecular formula is C15H15BrN2O4. The fourth-order valence-electron chi connectivity index (χ4n) is 1.83. The number of nitrogens with zero attached hydrogens (tertiary/aromatic N) is 1. The van der Waals surface area contributed by atoms with E-state index in [0.717, 1.165) is 4.47 Å². The molecule has 7 heteroatoms. The number of hydrogen-bond acceptors (Lipinski definition) is 5. The van der Waals surface area contributed by atoms with Crippen molar-refractivity contribution in [2.75, 3.05) is 25.6 Å². The van der Waals surface area contributed by atoms with Crippen molar-refractivity contribution in [3.05, 3.63) is 57.1 Å². The summed E-state index contributed by atoms with van der Waals surface area (Å²) in [6.45, 7) is 0.936. The zero-order chi connectivity index (χ0) is 15.9. The third kappa shape index (κ3) is 4.44. The largest absolute Gasteiger partial charge is 0.491 e. The second-order valence-electron chi connectivity index (χ2n) is 4.41. The van der Waals surface area contributed by atoms with Crippen LogP contribution in [0.4, 0.5) is 17.1 Å². The van der Waals surface area contributed by atoms with E-state index in [-0.39, 0.29) is 5.69 Å². The third-order valence-corrected chi connectivity index (χ3v) is 3.32. The molecule has 1 N–H and O–H groups in total. The number of rotatable bonds is 7. The maximum atomic E-state index is 11.1. The Balaban J connectivity index is 2.18. The number of hydrogen-bond donors (Lipinski definition) is 1. The van der Waals surface area contributed by atoms with E-state index in [1.807, 2.05) is 18.2 Å². The van der Waals surface area contributed by atoms with Crippen LogP contribution in [-0.4, -0.2) is 25.2 Å². The predicted octanol–water partition coefficient (Wildman–Crippen LogP) is 4.13. The number of nitro groups is 1. The van der Waals surface area contributed by atoms with E-state index < -0.39 is 4.92 Å². The normalized spacial score (nSPS) is 10.3. The molecule has 0 radical (unpaired) electrons. The summed E-state index contributed by atoms with van der Waals surface area (Å²) in [7, 11) is 1.60. The van der Waals surface area contributed by atoms with E-state index in [1.165, 1.54) is 6.07 Å². The fourth-order valence-corrected chi connectivity index (χ4v) is 2.19. The standard InChI is InChI=1S/C15H15BrN2O4/c1-21-7-8-22-13-4-2-3-12(10-13)17-14-9-11(16)5-6-15(14)18(19)20/h2-6,9-10,17H,7-8H2,1H3. The van der Waals surface area contributed by atoms with Crippen LogP contribution in [0.3, 0.4) is 0 Å². The van der Waals surface area contributed by atoms with Crippen LogP contribution in [0, 0.1) is 10.1 Å². The van der Waals surface area contributed by atoms with Gasteiger partial charge in [-0.15, -0.1) is 0 Å². The van der Waals surface area contributed by atoms with Crippen LogP contribution in [0.2, 0.25) is 0 Å². The van der Waals surface area contributed by atoms with Crippen molar-refractivity contribution in [3.8, 4) is 5.75 Å². The van der Waals surface area contributed by atoms with Crippen LogP contribution in [-0.2, 0) is 4.74 Å². The van der Waals surface area contributed by atoms with Crippen LogP contribution in [0.15, 0.2) is 46.9 Å². The summed E-state index contributed by atoms with van der Waals surface area (Å²) in [5.74, 6) is 0.666. The van der Waals surface area contributed by atoms with Gasteiger partial charge in [0.15, 0.2) is 0 Å². The van der Waals surface area contributed by atoms with E-state index in [4.69, 9.17) is 9.47 Å². The second-order valence-corrected chi connectivity index (χ2v) is 5.33. The summed E-state index contributed by atoms with van der Waals surface area (Å²) in [5.41, 5.74) is 1.12. The van der Waals surface area contributed by atoms with Gasteiger partial charge in [0.1, 0.15) is 18.0 Å². The first kappa shape index (κ1) is 16.3.